The van der Waals surface area contributed by atoms with Crippen LogP contribution in [-0.2, 0) is 9.53 Å². The summed E-state index contributed by atoms with van der Waals surface area (Å²) in [5, 5.41) is 0. The molecule has 0 fully saturated rings. The lowest BCUT2D eigenvalue weighted by atomic mass is 10.1. The molecule has 0 aliphatic heterocycles. The normalized spacial score (nSPS) is 8.92. The zero-order valence-electron chi connectivity index (χ0n) is 7.07. The van der Waals surface area contributed by atoms with E-state index < -0.39 is 5.97 Å². The summed E-state index contributed by atoms with van der Waals surface area (Å²) in [5.41, 5.74) is 0.859. The van der Waals surface area contributed by atoms with Crippen molar-refractivity contribution in [2.75, 3.05) is 7.11 Å². The van der Waals surface area contributed by atoms with E-state index in [9.17, 15) is 4.79 Å². The van der Waals surface area contributed by atoms with Crippen LogP contribution in [0.1, 0.15) is 5.56 Å². The number of methoxy groups -OCH3 is 1. The Bertz CT molecular complexity index is 352. The van der Waals surface area contributed by atoms with Gasteiger partial charge in [0.25, 0.3) is 0 Å². The molecule has 64 valence electrons. The smallest absolute Gasteiger partial charge is 0.318 e. The van der Waals surface area contributed by atoms with Gasteiger partial charge in [-0.1, -0.05) is 24.3 Å². The van der Waals surface area contributed by atoms with E-state index in [0.717, 1.165) is 0 Å². The second-order valence-corrected chi connectivity index (χ2v) is 2.25. The molecule has 0 bridgehead atoms. The Hall–Kier alpha value is -1.82. The summed E-state index contributed by atoms with van der Waals surface area (Å²) in [5.74, 6) is -0.573. The van der Waals surface area contributed by atoms with Crippen LogP contribution in [0.15, 0.2) is 24.3 Å². The van der Waals surface area contributed by atoms with Gasteiger partial charge in [0.2, 0.25) is 0 Å². The molecule has 0 aliphatic carbocycles. The number of benzene rings is 1. The van der Waals surface area contributed by atoms with Crippen LogP contribution in [0.2, 0.25) is 0 Å². The van der Waals surface area contributed by atoms with Crippen molar-refractivity contribution in [2.24, 2.45) is 0 Å². The zero-order valence-corrected chi connectivity index (χ0v) is 7.07. The standard InChI is InChI=1S/C10H7NO2/c1-11-9-6-4-3-5-8(9)7-10(12)13-2/h3-6H,2H3. The summed E-state index contributed by atoms with van der Waals surface area (Å²) in [7, 11) is 1.27. The van der Waals surface area contributed by atoms with Crippen molar-refractivity contribution in [2.45, 2.75) is 0 Å². The van der Waals surface area contributed by atoms with Crippen molar-refractivity contribution in [3.8, 4) is 0 Å². The van der Waals surface area contributed by atoms with Crippen LogP contribution in [0.25, 0.3) is 4.85 Å². The molecule has 0 N–H and O–H groups in total. The topological polar surface area (TPSA) is 30.7 Å². The van der Waals surface area contributed by atoms with Gasteiger partial charge in [-0.3, -0.25) is 4.79 Å². The Kier molecular flexibility index (Phi) is 3.04. The highest BCUT2D eigenvalue weighted by molar-refractivity contribution is 5.85. The predicted molar refractivity (Wildman–Crippen MR) is 47.1 cm³/mol. The third kappa shape index (κ3) is 2.31. The predicted octanol–water partition coefficient (Wildman–Crippen LogP) is 1.84. The third-order valence-corrected chi connectivity index (χ3v) is 1.45. The average Bonchev–Trinajstić information content (AvgIpc) is 2.18. The van der Waals surface area contributed by atoms with Crippen LogP contribution in [-0.4, -0.2) is 13.1 Å². The molecule has 0 unspecified atom stereocenters. The van der Waals surface area contributed by atoms with Crippen molar-refractivity contribution in [1.82, 2.24) is 0 Å². The van der Waals surface area contributed by atoms with Crippen LogP contribution in [0.5, 0.6) is 0 Å². The first kappa shape index (κ1) is 9.27. The van der Waals surface area contributed by atoms with E-state index in [2.05, 4.69) is 16.0 Å². The highest BCUT2D eigenvalue weighted by atomic mass is 16.5. The van der Waals surface area contributed by atoms with Crippen molar-refractivity contribution < 1.29 is 9.53 Å². The molecule has 0 heterocycles. The fourth-order valence-electron chi connectivity index (χ4n) is 0.838. The van der Waals surface area contributed by atoms with Crippen molar-refractivity contribution in [3.63, 3.8) is 0 Å². The number of nitrogens with zero attached hydrogens (tertiary/aromatic N) is 1. The molecule has 3 heteroatoms. The van der Waals surface area contributed by atoms with Gasteiger partial charge < -0.3 is 4.74 Å². The zero-order chi connectivity index (χ0) is 9.68. The van der Waals surface area contributed by atoms with E-state index in [-0.39, 0.29) is 0 Å². The maximum atomic E-state index is 10.8. The van der Waals surface area contributed by atoms with Crippen LogP contribution >= 0.6 is 0 Å². The van der Waals surface area contributed by atoms with E-state index in [1.807, 2.05) is 0 Å². The maximum Gasteiger partial charge on any atom is 0.318 e. The van der Waals surface area contributed by atoms with Crippen molar-refractivity contribution >= 4 is 11.7 Å². The fourth-order valence-corrected chi connectivity index (χ4v) is 0.838. The number of esters is 1. The SMILES string of the molecule is [C-]#[N+]c1ccccc1[C]C(=O)OC. The van der Waals surface area contributed by atoms with Crippen LogP contribution < -0.4 is 0 Å². The molecule has 0 aliphatic rings. The number of hydrogen-bond acceptors (Lipinski definition) is 2. The molecular weight excluding hydrogens is 166 g/mol. The monoisotopic (exact) mass is 173 g/mol. The largest absolute Gasteiger partial charge is 0.468 e. The van der Waals surface area contributed by atoms with Gasteiger partial charge in [0.15, 0.2) is 5.69 Å². The van der Waals surface area contributed by atoms with Gasteiger partial charge in [-0.15, -0.1) is 0 Å². The van der Waals surface area contributed by atoms with Gasteiger partial charge >= 0.3 is 5.97 Å². The first-order valence-corrected chi connectivity index (χ1v) is 3.59. The minimum Gasteiger partial charge on any atom is -0.468 e. The summed E-state index contributed by atoms with van der Waals surface area (Å²) >= 11 is 0. The lowest BCUT2D eigenvalue weighted by Gasteiger charge is -1.99. The van der Waals surface area contributed by atoms with Gasteiger partial charge in [0.05, 0.1) is 13.7 Å². The van der Waals surface area contributed by atoms with Gasteiger partial charge in [-0.25, -0.2) is 4.85 Å². The van der Waals surface area contributed by atoms with E-state index >= 15 is 0 Å². The molecule has 0 aromatic heterocycles. The molecule has 0 atom stereocenters. The number of carbonyl (C=O) groups is 1. The average molecular weight is 173 g/mol. The molecule has 0 amide bonds. The summed E-state index contributed by atoms with van der Waals surface area (Å²) in [6, 6.07) is 6.73. The van der Waals surface area contributed by atoms with E-state index in [0.29, 0.717) is 11.3 Å². The highest BCUT2D eigenvalue weighted by Gasteiger charge is 2.07. The second-order valence-electron chi connectivity index (χ2n) is 2.25. The minimum atomic E-state index is -0.573. The first-order chi connectivity index (χ1) is 6.27. The van der Waals surface area contributed by atoms with Gasteiger partial charge in [0, 0.05) is 0 Å². The Labute approximate surface area is 76.8 Å². The Balaban J connectivity index is 2.89. The van der Waals surface area contributed by atoms with Gasteiger partial charge in [-0.2, -0.15) is 0 Å². The number of para-hydroxylation sites is 1. The Morgan fingerprint density at radius 2 is 2.23 bits per heavy atom. The van der Waals surface area contributed by atoms with E-state index in [1.54, 1.807) is 24.3 Å². The number of ether oxygens (including phenoxy) is 1. The van der Waals surface area contributed by atoms with Gasteiger partial charge in [0.1, 0.15) is 6.42 Å². The minimum absolute atomic E-state index is 0.396. The van der Waals surface area contributed by atoms with Gasteiger partial charge in [-0.05, 0) is 5.56 Å². The van der Waals surface area contributed by atoms with Crippen molar-refractivity contribution in [1.29, 1.82) is 0 Å². The van der Waals surface area contributed by atoms with E-state index in [1.165, 1.54) is 7.11 Å². The summed E-state index contributed by atoms with van der Waals surface area (Å²) in [6.45, 7) is 6.82. The lowest BCUT2D eigenvalue weighted by Crippen LogP contribution is -2.01. The van der Waals surface area contributed by atoms with Crippen LogP contribution in [0.3, 0.4) is 0 Å². The molecule has 2 radical (unpaired) electrons. The molecule has 1 rings (SSSR count). The highest BCUT2D eigenvalue weighted by Crippen LogP contribution is 2.20. The second kappa shape index (κ2) is 4.27. The third-order valence-electron chi connectivity index (χ3n) is 1.45. The first-order valence-electron chi connectivity index (χ1n) is 3.59. The summed E-state index contributed by atoms with van der Waals surface area (Å²) in [6.07, 6.45) is 2.44. The maximum absolute atomic E-state index is 10.8. The summed E-state index contributed by atoms with van der Waals surface area (Å²) in [4.78, 5) is 14.1. The number of rotatable bonds is 2. The molecule has 0 saturated carbocycles. The van der Waals surface area contributed by atoms with Crippen molar-refractivity contribution in [3.05, 3.63) is 47.7 Å². The molecule has 13 heavy (non-hydrogen) atoms. The Morgan fingerprint density at radius 3 is 2.85 bits per heavy atom. The molecule has 0 spiro atoms. The Morgan fingerprint density at radius 1 is 1.54 bits per heavy atom. The van der Waals surface area contributed by atoms with E-state index in [4.69, 9.17) is 6.57 Å². The number of hydrogen-bond donors (Lipinski definition) is 0. The molecule has 1 aromatic rings. The van der Waals surface area contributed by atoms with Crippen LogP contribution in [0, 0.1) is 13.0 Å². The lowest BCUT2D eigenvalue weighted by molar-refractivity contribution is -0.136. The molecule has 0 saturated heterocycles. The fraction of sp³-hybridized carbons (Fsp3) is 0.100. The van der Waals surface area contributed by atoms with Crippen LogP contribution in [0.4, 0.5) is 5.69 Å². The summed E-state index contributed by atoms with van der Waals surface area (Å²) < 4.78 is 4.40. The molecular formula is C10H7NO2. The molecule has 3 nitrogen and oxygen atoms in total. The quantitative estimate of drug-likeness (QED) is 0.504. The number of carbonyl (C=O) groups excluding carboxylic acids is 1. The molecule has 1 aromatic carbocycles.